The molecule has 0 saturated carbocycles. The van der Waals surface area contributed by atoms with Crippen LogP contribution in [-0.4, -0.2) is 68.1 Å². The standard InChI is InChI=1S/C17H26ClN3O2/c1-14(23-16-6-3-5-15(18)13-16)17(22)19-7-4-8-21-11-9-20(2)10-12-21/h3,5-6,13-14H,4,7-12H2,1-2H3,(H,19,22). The molecule has 0 aliphatic carbocycles. The molecule has 5 nitrogen and oxygen atoms in total. The minimum absolute atomic E-state index is 0.0941. The van der Waals surface area contributed by atoms with Crippen molar-refractivity contribution in [1.82, 2.24) is 15.1 Å². The second-order valence-corrected chi connectivity index (χ2v) is 6.44. The SMILES string of the molecule is CC(Oc1cccc(Cl)c1)C(=O)NCCCN1CCN(C)CC1. The van der Waals surface area contributed by atoms with Crippen molar-refractivity contribution in [2.45, 2.75) is 19.4 Å². The van der Waals surface area contributed by atoms with Crippen LogP contribution in [0.15, 0.2) is 24.3 Å². The molecule has 0 spiro atoms. The van der Waals surface area contributed by atoms with Crippen LogP contribution in [-0.2, 0) is 4.79 Å². The van der Waals surface area contributed by atoms with Crippen molar-refractivity contribution in [2.75, 3.05) is 46.3 Å². The Morgan fingerprint density at radius 1 is 1.35 bits per heavy atom. The highest BCUT2D eigenvalue weighted by molar-refractivity contribution is 6.30. The van der Waals surface area contributed by atoms with Crippen molar-refractivity contribution in [2.24, 2.45) is 0 Å². The summed E-state index contributed by atoms with van der Waals surface area (Å²) in [6, 6.07) is 7.08. The summed E-state index contributed by atoms with van der Waals surface area (Å²) in [6.45, 7) is 7.91. The molecule has 1 N–H and O–H groups in total. The van der Waals surface area contributed by atoms with Gasteiger partial charge in [0.1, 0.15) is 5.75 Å². The fourth-order valence-electron chi connectivity index (χ4n) is 2.53. The lowest BCUT2D eigenvalue weighted by Gasteiger charge is -2.32. The molecule has 6 heteroatoms. The predicted octanol–water partition coefficient (Wildman–Crippen LogP) is 1.86. The monoisotopic (exact) mass is 339 g/mol. The first-order valence-electron chi connectivity index (χ1n) is 8.15. The van der Waals surface area contributed by atoms with E-state index < -0.39 is 6.10 Å². The van der Waals surface area contributed by atoms with Crippen LogP contribution in [0.4, 0.5) is 0 Å². The number of hydrogen-bond donors (Lipinski definition) is 1. The number of halogens is 1. The van der Waals surface area contributed by atoms with Crippen molar-refractivity contribution in [1.29, 1.82) is 0 Å². The summed E-state index contributed by atoms with van der Waals surface area (Å²) in [5.41, 5.74) is 0. The van der Waals surface area contributed by atoms with E-state index in [9.17, 15) is 4.79 Å². The minimum atomic E-state index is -0.530. The molecular formula is C17H26ClN3O2. The lowest BCUT2D eigenvalue weighted by atomic mass is 10.3. The van der Waals surface area contributed by atoms with Crippen molar-refractivity contribution in [3.8, 4) is 5.75 Å². The highest BCUT2D eigenvalue weighted by Crippen LogP contribution is 2.18. The molecule has 1 atom stereocenters. The summed E-state index contributed by atoms with van der Waals surface area (Å²) in [5.74, 6) is 0.515. The van der Waals surface area contributed by atoms with E-state index in [0.717, 1.165) is 39.1 Å². The maximum Gasteiger partial charge on any atom is 0.260 e. The highest BCUT2D eigenvalue weighted by atomic mass is 35.5. The number of hydrogen-bond acceptors (Lipinski definition) is 4. The smallest absolute Gasteiger partial charge is 0.260 e. The molecular weight excluding hydrogens is 314 g/mol. The van der Waals surface area contributed by atoms with Crippen LogP contribution in [0.25, 0.3) is 0 Å². The second-order valence-electron chi connectivity index (χ2n) is 6.01. The maximum atomic E-state index is 12.0. The van der Waals surface area contributed by atoms with E-state index in [1.54, 1.807) is 31.2 Å². The van der Waals surface area contributed by atoms with Gasteiger partial charge in [-0.15, -0.1) is 0 Å². The summed E-state index contributed by atoms with van der Waals surface area (Å²) in [4.78, 5) is 16.8. The van der Waals surface area contributed by atoms with E-state index in [2.05, 4.69) is 22.2 Å². The first kappa shape index (κ1) is 18.0. The number of nitrogens with one attached hydrogen (secondary N) is 1. The molecule has 1 aliphatic heterocycles. The van der Waals surface area contributed by atoms with Gasteiger partial charge >= 0.3 is 0 Å². The number of carbonyl (C=O) groups excluding carboxylic acids is 1. The molecule has 1 aliphatic rings. The van der Waals surface area contributed by atoms with E-state index in [0.29, 0.717) is 17.3 Å². The van der Waals surface area contributed by atoms with Gasteiger partial charge in [0.2, 0.25) is 0 Å². The van der Waals surface area contributed by atoms with Crippen molar-refractivity contribution < 1.29 is 9.53 Å². The quantitative estimate of drug-likeness (QED) is 0.770. The molecule has 1 heterocycles. The van der Waals surface area contributed by atoms with Crippen LogP contribution in [0, 0.1) is 0 Å². The highest BCUT2D eigenvalue weighted by Gasteiger charge is 2.15. The van der Waals surface area contributed by atoms with E-state index in [1.165, 1.54) is 0 Å². The van der Waals surface area contributed by atoms with Gasteiger partial charge in [-0.25, -0.2) is 0 Å². The van der Waals surface area contributed by atoms with Gasteiger partial charge < -0.3 is 19.9 Å². The maximum absolute atomic E-state index is 12.0. The van der Waals surface area contributed by atoms with Crippen LogP contribution >= 0.6 is 11.6 Å². The summed E-state index contributed by atoms with van der Waals surface area (Å²) in [5, 5.41) is 3.53. The van der Waals surface area contributed by atoms with Gasteiger partial charge in [-0.2, -0.15) is 0 Å². The van der Waals surface area contributed by atoms with Crippen LogP contribution in [0.5, 0.6) is 5.75 Å². The van der Waals surface area contributed by atoms with E-state index in [-0.39, 0.29) is 5.91 Å². The average Bonchev–Trinajstić information content (AvgIpc) is 2.53. The average molecular weight is 340 g/mol. The molecule has 0 bridgehead atoms. The van der Waals surface area contributed by atoms with Crippen molar-refractivity contribution >= 4 is 17.5 Å². The van der Waals surface area contributed by atoms with Gasteiger partial charge in [-0.1, -0.05) is 17.7 Å². The Hall–Kier alpha value is -1.30. The Kier molecular flexibility index (Phi) is 7.15. The zero-order chi connectivity index (χ0) is 16.7. The van der Waals surface area contributed by atoms with Gasteiger partial charge in [0.15, 0.2) is 6.10 Å². The molecule has 0 aromatic heterocycles. The summed E-state index contributed by atoms with van der Waals surface area (Å²) >= 11 is 5.90. The number of ether oxygens (including phenoxy) is 1. The summed E-state index contributed by atoms with van der Waals surface area (Å²) < 4.78 is 5.60. The third-order valence-corrected chi connectivity index (χ3v) is 4.26. The van der Waals surface area contributed by atoms with Crippen molar-refractivity contribution in [3.05, 3.63) is 29.3 Å². The predicted molar refractivity (Wildman–Crippen MR) is 93.1 cm³/mol. The van der Waals surface area contributed by atoms with E-state index >= 15 is 0 Å². The third kappa shape index (κ3) is 6.37. The topological polar surface area (TPSA) is 44.8 Å². The van der Waals surface area contributed by atoms with Gasteiger partial charge in [0, 0.05) is 37.7 Å². The van der Waals surface area contributed by atoms with Crippen LogP contribution in [0.1, 0.15) is 13.3 Å². The molecule has 1 aromatic rings. The Morgan fingerprint density at radius 2 is 2.09 bits per heavy atom. The van der Waals surface area contributed by atoms with Crippen LogP contribution < -0.4 is 10.1 Å². The van der Waals surface area contributed by atoms with Crippen LogP contribution in [0.3, 0.4) is 0 Å². The lowest BCUT2D eigenvalue weighted by Crippen LogP contribution is -2.45. The van der Waals surface area contributed by atoms with Crippen molar-refractivity contribution in [3.63, 3.8) is 0 Å². The normalized spacial score (nSPS) is 17.7. The van der Waals surface area contributed by atoms with Gasteiger partial charge in [-0.05, 0) is 45.1 Å². The zero-order valence-electron chi connectivity index (χ0n) is 13.9. The number of carbonyl (C=O) groups is 1. The van der Waals surface area contributed by atoms with Gasteiger partial charge in [0.25, 0.3) is 5.91 Å². The number of amides is 1. The number of rotatable bonds is 7. The molecule has 2 rings (SSSR count). The summed E-state index contributed by atoms with van der Waals surface area (Å²) in [6.07, 6.45) is 0.427. The number of piperazine rings is 1. The van der Waals surface area contributed by atoms with E-state index in [4.69, 9.17) is 16.3 Å². The lowest BCUT2D eigenvalue weighted by molar-refractivity contribution is -0.127. The molecule has 23 heavy (non-hydrogen) atoms. The largest absolute Gasteiger partial charge is 0.481 e. The Labute approximate surface area is 143 Å². The molecule has 128 valence electrons. The molecule has 1 unspecified atom stereocenters. The first-order valence-corrected chi connectivity index (χ1v) is 8.53. The number of nitrogens with zero attached hydrogens (tertiary/aromatic N) is 2. The Bertz CT molecular complexity index is 504. The van der Waals surface area contributed by atoms with Crippen LogP contribution in [0.2, 0.25) is 5.02 Å². The number of likely N-dealkylation sites (N-methyl/N-ethyl adjacent to an activating group) is 1. The Morgan fingerprint density at radius 3 is 2.78 bits per heavy atom. The first-order chi connectivity index (χ1) is 11.0. The zero-order valence-corrected chi connectivity index (χ0v) is 14.7. The summed E-state index contributed by atoms with van der Waals surface area (Å²) in [7, 11) is 2.15. The molecule has 1 amide bonds. The van der Waals surface area contributed by atoms with Gasteiger partial charge in [-0.3, -0.25) is 4.79 Å². The second kappa shape index (κ2) is 9.11. The number of benzene rings is 1. The molecule has 1 aromatic carbocycles. The molecule has 1 saturated heterocycles. The Balaban J connectivity index is 1.62. The minimum Gasteiger partial charge on any atom is -0.481 e. The third-order valence-electron chi connectivity index (χ3n) is 4.02. The van der Waals surface area contributed by atoms with E-state index in [1.807, 2.05) is 0 Å². The molecule has 1 fully saturated rings. The van der Waals surface area contributed by atoms with Gasteiger partial charge in [0.05, 0.1) is 0 Å². The molecule has 0 radical (unpaired) electrons. The fourth-order valence-corrected chi connectivity index (χ4v) is 2.71. The fraction of sp³-hybridized carbons (Fsp3) is 0.588.